The van der Waals surface area contributed by atoms with Crippen LogP contribution in [0.1, 0.15) is 38.5 Å². The fourth-order valence-electron chi connectivity index (χ4n) is 5.61. The zero-order valence-corrected chi connectivity index (χ0v) is 15.5. The second-order valence-electron chi connectivity index (χ2n) is 7.88. The summed E-state index contributed by atoms with van der Waals surface area (Å²) in [6.45, 7) is 0. The number of amides is 1. The zero-order chi connectivity index (χ0) is 16.5. The molecule has 0 unspecified atom stereocenters. The second kappa shape index (κ2) is 5.33. The Labute approximate surface area is 154 Å². The van der Waals surface area contributed by atoms with Gasteiger partial charge in [-0.2, -0.15) is 0 Å². The van der Waals surface area contributed by atoms with Crippen LogP contribution in [0.15, 0.2) is 12.1 Å². The van der Waals surface area contributed by atoms with Crippen molar-refractivity contribution in [3.05, 3.63) is 22.2 Å². The van der Waals surface area contributed by atoms with Crippen LogP contribution in [0.2, 0.25) is 10.0 Å². The van der Waals surface area contributed by atoms with Gasteiger partial charge in [0, 0.05) is 0 Å². The first kappa shape index (κ1) is 15.4. The van der Waals surface area contributed by atoms with Gasteiger partial charge in [0.1, 0.15) is 5.52 Å². The van der Waals surface area contributed by atoms with Crippen LogP contribution in [-0.2, 0) is 4.79 Å². The summed E-state index contributed by atoms with van der Waals surface area (Å²) in [6.07, 6.45) is 7.18. The lowest BCUT2D eigenvalue weighted by molar-refractivity contribution is -0.140. The van der Waals surface area contributed by atoms with E-state index in [1.807, 2.05) is 6.07 Å². The highest BCUT2D eigenvalue weighted by atomic mass is 35.5. The molecule has 4 saturated carbocycles. The van der Waals surface area contributed by atoms with E-state index in [9.17, 15) is 4.79 Å². The first-order chi connectivity index (χ1) is 11.5. The minimum atomic E-state index is -0.159. The number of benzene rings is 1. The molecular formula is C18H18Cl2N2OS. The molecule has 6 heteroatoms. The molecule has 6 rings (SSSR count). The minimum absolute atomic E-state index is 0.159. The number of anilines is 1. The third-order valence-electron chi connectivity index (χ3n) is 6.19. The quantitative estimate of drug-likeness (QED) is 0.719. The van der Waals surface area contributed by atoms with E-state index < -0.39 is 0 Å². The lowest BCUT2D eigenvalue weighted by Crippen LogP contribution is -2.51. The molecule has 0 spiro atoms. The fraction of sp³-hybridized carbons (Fsp3) is 0.556. The van der Waals surface area contributed by atoms with Crippen molar-refractivity contribution in [2.24, 2.45) is 23.2 Å². The first-order valence-electron chi connectivity index (χ1n) is 8.58. The lowest BCUT2D eigenvalue weighted by Gasteiger charge is -2.55. The van der Waals surface area contributed by atoms with Crippen molar-refractivity contribution in [3.63, 3.8) is 0 Å². The van der Waals surface area contributed by atoms with Gasteiger partial charge in [-0.1, -0.05) is 34.5 Å². The smallest absolute Gasteiger partial charge is 0.232 e. The molecule has 0 saturated heterocycles. The molecular weight excluding hydrogens is 363 g/mol. The zero-order valence-electron chi connectivity index (χ0n) is 13.1. The number of halogens is 2. The van der Waals surface area contributed by atoms with Crippen LogP contribution in [0.4, 0.5) is 5.13 Å². The van der Waals surface area contributed by atoms with Gasteiger partial charge in [0.2, 0.25) is 5.91 Å². The van der Waals surface area contributed by atoms with E-state index in [4.69, 9.17) is 23.2 Å². The molecule has 1 amide bonds. The number of hydrogen-bond acceptors (Lipinski definition) is 3. The van der Waals surface area contributed by atoms with E-state index in [0.29, 0.717) is 20.7 Å². The number of hydrogen-bond donors (Lipinski definition) is 1. The Morgan fingerprint density at radius 2 is 1.75 bits per heavy atom. The maximum Gasteiger partial charge on any atom is 0.232 e. The average molecular weight is 381 g/mol. The third-order valence-corrected chi connectivity index (χ3v) is 7.92. The number of nitrogens with zero attached hydrogens (tertiary/aromatic N) is 1. The Kier molecular flexibility index (Phi) is 3.42. The maximum absolute atomic E-state index is 13.1. The lowest BCUT2D eigenvalue weighted by atomic mass is 9.49. The van der Waals surface area contributed by atoms with Crippen molar-refractivity contribution < 1.29 is 4.79 Å². The van der Waals surface area contributed by atoms with Gasteiger partial charge < -0.3 is 5.32 Å². The number of carbonyl (C=O) groups is 1. The summed E-state index contributed by atoms with van der Waals surface area (Å²) >= 11 is 13.8. The normalized spacial score (nSPS) is 34.0. The van der Waals surface area contributed by atoms with E-state index in [2.05, 4.69) is 10.3 Å². The molecule has 1 aromatic heterocycles. The van der Waals surface area contributed by atoms with E-state index in [1.165, 1.54) is 30.6 Å². The molecule has 4 bridgehead atoms. The van der Waals surface area contributed by atoms with Crippen molar-refractivity contribution in [1.29, 1.82) is 0 Å². The molecule has 4 fully saturated rings. The molecule has 4 aliphatic carbocycles. The van der Waals surface area contributed by atoms with Crippen LogP contribution in [0.25, 0.3) is 10.2 Å². The van der Waals surface area contributed by atoms with Gasteiger partial charge in [0.05, 0.1) is 20.2 Å². The van der Waals surface area contributed by atoms with Gasteiger partial charge in [-0.15, -0.1) is 0 Å². The Morgan fingerprint density at radius 1 is 1.12 bits per heavy atom. The van der Waals surface area contributed by atoms with E-state index in [0.717, 1.165) is 41.7 Å². The number of aromatic nitrogens is 1. The highest BCUT2D eigenvalue weighted by Gasteiger charge is 2.54. The molecule has 0 atom stereocenters. The second-order valence-corrected chi connectivity index (χ2v) is 9.69. The summed E-state index contributed by atoms with van der Waals surface area (Å²) in [5.41, 5.74) is 0.517. The largest absolute Gasteiger partial charge is 0.301 e. The number of rotatable bonds is 2. The molecule has 2 aromatic rings. The predicted octanol–water partition coefficient (Wildman–Crippen LogP) is 5.76. The molecule has 0 radical (unpaired) electrons. The van der Waals surface area contributed by atoms with Crippen molar-refractivity contribution in [2.75, 3.05) is 5.32 Å². The first-order valence-corrected chi connectivity index (χ1v) is 10.2. The van der Waals surface area contributed by atoms with Crippen molar-refractivity contribution >= 4 is 55.8 Å². The van der Waals surface area contributed by atoms with Gasteiger partial charge >= 0.3 is 0 Å². The molecule has 3 nitrogen and oxygen atoms in total. The molecule has 24 heavy (non-hydrogen) atoms. The predicted molar refractivity (Wildman–Crippen MR) is 98.9 cm³/mol. The Morgan fingerprint density at radius 3 is 2.38 bits per heavy atom. The average Bonchev–Trinajstić information content (AvgIpc) is 2.93. The van der Waals surface area contributed by atoms with Crippen LogP contribution in [0.5, 0.6) is 0 Å². The van der Waals surface area contributed by atoms with E-state index in [1.54, 1.807) is 6.07 Å². The number of fused-ring (bicyclic) bond motifs is 1. The highest BCUT2D eigenvalue weighted by Crippen LogP contribution is 2.60. The van der Waals surface area contributed by atoms with Crippen LogP contribution in [0.3, 0.4) is 0 Å². The van der Waals surface area contributed by atoms with Crippen LogP contribution < -0.4 is 5.32 Å². The topological polar surface area (TPSA) is 42.0 Å². The summed E-state index contributed by atoms with van der Waals surface area (Å²) in [6, 6.07) is 3.68. The molecule has 1 aromatic carbocycles. The SMILES string of the molecule is O=C(Nc1nc2c(Cl)c(Cl)ccc2s1)C12CC3CC(CC(C3)C1)C2. The molecule has 4 aliphatic rings. The summed E-state index contributed by atoms with van der Waals surface area (Å²) in [4.78, 5) is 17.6. The van der Waals surface area contributed by atoms with Gasteiger partial charge in [0.15, 0.2) is 5.13 Å². The highest BCUT2D eigenvalue weighted by molar-refractivity contribution is 7.22. The molecule has 1 heterocycles. The molecule has 0 aliphatic heterocycles. The Hall–Kier alpha value is -0.840. The Bertz CT molecular complexity index is 812. The maximum atomic E-state index is 13.1. The summed E-state index contributed by atoms with van der Waals surface area (Å²) in [5.74, 6) is 2.43. The van der Waals surface area contributed by atoms with Crippen LogP contribution in [-0.4, -0.2) is 10.9 Å². The van der Waals surface area contributed by atoms with Gasteiger partial charge in [-0.05, 0) is 68.4 Å². The number of nitrogens with one attached hydrogen (secondary N) is 1. The van der Waals surface area contributed by atoms with Gasteiger partial charge in [-0.3, -0.25) is 4.79 Å². The standard InChI is InChI=1S/C18H18Cl2N2OS/c19-12-1-2-13-15(14(12)20)21-17(24-13)22-16(23)18-6-9-3-10(7-18)5-11(4-9)8-18/h1-2,9-11H,3-8H2,(H,21,22,23). The van der Waals surface area contributed by atoms with E-state index in [-0.39, 0.29) is 11.3 Å². The van der Waals surface area contributed by atoms with Gasteiger partial charge in [0.25, 0.3) is 0 Å². The van der Waals surface area contributed by atoms with Crippen molar-refractivity contribution in [1.82, 2.24) is 4.98 Å². The monoisotopic (exact) mass is 380 g/mol. The number of thiazole rings is 1. The summed E-state index contributed by atoms with van der Waals surface area (Å²) in [7, 11) is 0. The Balaban J connectivity index is 1.44. The summed E-state index contributed by atoms with van der Waals surface area (Å²) in [5, 5.41) is 4.69. The summed E-state index contributed by atoms with van der Waals surface area (Å²) < 4.78 is 0.949. The van der Waals surface area contributed by atoms with E-state index >= 15 is 0 Å². The fourth-order valence-corrected chi connectivity index (χ4v) is 6.89. The van der Waals surface area contributed by atoms with Crippen LogP contribution in [0, 0.1) is 23.2 Å². The van der Waals surface area contributed by atoms with Crippen molar-refractivity contribution in [2.45, 2.75) is 38.5 Å². The third kappa shape index (κ3) is 2.30. The molecule has 1 N–H and O–H groups in total. The molecule has 126 valence electrons. The number of carbonyl (C=O) groups excluding carboxylic acids is 1. The van der Waals surface area contributed by atoms with Crippen molar-refractivity contribution in [3.8, 4) is 0 Å². The van der Waals surface area contributed by atoms with Crippen LogP contribution >= 0.6 is 34.5 Å². The van der Waals surface area contributed by atoms with Gasteiger partial charge in [-0.25, -0.2) is 4.98 Å². The minimum Gasteiger partial charge on any atom is -0.301 e.